The maximum atomic E-state index is 5.49. The molecule has 2 heteroatoms. The van der Waals surface area contributed by atoms with Gasteiger partial charge in [-0.25, -0.2) is 0 Å². The first-order valence-electron chi connectivity index (χ1n) is 5.90. The van der Waals surface area contributed by atoms with Crippen LogP contribution in [-0.2, 0) is 13.0 Å². The molecule has 1 aromatic rings. The molecule has 2 nitrogen and oxygen atoms in total. The molecule has 1 aromatic carbocycles. The highest BCUT2D eigenvalue weighted by molar-refractivity contribution is 5.39. The summed E-state index contributed by atoms with van der Waals surface area (Å²) >= 11 is 0. The first-order valence-corrected chi connectivity index (χ1v) is 5.90. The Bertz CT molecular complexity index is 358. The molecule has 1 aliphatic heterocycles. The van der Waals surface area contributed by atoms with Gasteiger partial charge >= 0.3 is 0 Å². The molecule has 0 aromatic heterocycles. The molecule has 2 aliphatic rings. The van der Waals surface area contributed by atoms with E-state index in [9.17, 15) is 0 Å². The van der Waals surface area contributed by atoms with Gasteiger partial charge in [0.05, 0.1) is 6.61 Å². The number of hydrogen-bond donors (Lipinski definition) is 1. The molecule has 0 bridgehead atoms. The lowest BCUT2D eigenvalue weighted by Gasteiger charge is -2.26. The maximum absolute atomic E-state index is 5.49. The van der Waals surface area contributed by atoms with E-state index in [0.29, 0.717) is 0 Å². The Hall–Kier alpha value is -1.02. The maximum Gasteiger partial charge on any atom is 0.122 e. The van der Waals surface area contributed by atoms with Crippen molar-refractivity contribution >= 4 is 0 Å². The van der Waals surface area contributed by atoms with E-state index < -0.39 is 0 Å². The third-order valence-electron chi connectivity index (χ3n) is 3.45. The standard InChI is InChI=1S/C13H17NO/c1-2-12(3-1)14-9-10-4-5-13-11(8-10)6-7-15-13/h4-5,8,12,14H,1-3,6-7,9H2. The molecule has 3 rings (SSSR count). The molecule has 0 atom stereocenters. The third kappa shape index (κ3) is 1.86. The first kappa shape index (κ1) is 9.22. The summed E-state index contributed by atoms with van der Waals surface area (Å²) < 4.78 is 5.49. The summed E-state index contributed by atoms with van der Waals surface area (Å²) in [5.41, 5.74) is 2.77. The van der Waals surface area contributed by atoms with E-state index in [-0.39, 0.29) is 0 Å². The smallest absolute Gasteiger partial charge is 0.122 e. The Balaban J connectivity index is 1.64. The van der Waals surface area contributed by atoms with Gasteiger partial charge in [0.1, 0.15) is 5.75 Å². The van der Waals surface area contributed by atoms with Crippen molar-refractivity contribution in [3.63, 3.8) is 0 Å². The second kappa shape index (κ2) is 3.86. The number of ether oxygens (including phenoxy) is 1. The molecule has 0 spiro atoms. The van der Waals surface area contributed by atoms with Crippen LogP contribution in [0.3, 0.4) is 0 Å². The molecular formula is C13H17NO. The summed E-state index contributed by atoms with van der Waals surface area (Å²) in [6, 6.07) is 7.35. The van der Waals surface area contributed by atoms with Crippen LogP contribution < -0.4 is 10.1 Å². The molecule has 0 saturated heterocycles. The van der Waals surface area contributed by atoms with Gasteiger partial charge in [0.25, 0.3) is 0 Å². The quantitative estimate of drug-likeness (QED) is 0.813. The predicted molar refractivity (Wildman–Crippen MR) is 60.1 cm³/mol. The highest BCUT2D eigenvalue weighted by atomic mass is 16.5. The van der Waals surface area contributed by atoms with Crippen molar-refractivity contribution in [2.75, 3.05) is 6.61 Å². The highest BCUT2D eigenvalue weighted by Crippen LogP contribution is 2.26. The molecule has 0 amide bonds. The summed E-state index contributed by atoms with van der Waals surface area (Å²) in [5, 5.41) is 3.59. The monoisotopic (exact) mass is 203 g/mol. The van der Waals surface area contributed by atoms with Gasteiger partial charge in [0, 0.05) is 19.0 Å². The van der Waals surface area contributed by atoms with Crippen LogP contribution in [0, 0.1) is 0 Å². The Morgan fingerprint density at radius 3 is 3.07 bits per heavy atom. The van der Waals surface area contributed by atoms with Crippen LogP contribution in [0.5, 0.6) is 5.75 Å². The Labute approximate surface area is 90.6 Å². The van der Waals surface area contributed by atoms with Crippen LogP contribution >= 0.6 is 0 Å². The molecular weight excluding hydrogens is 186 g/mol. The molecule has 1 N–H and O–H groups in total. The SMILES string of the molecule is c1cc2c(cc1CNC1CCC1)CCO2. The Kier molecular flexibility index (Phi) is 2.37. The lowest BCUT2D eigenvalue weighted by molar-refractivity contribution is 0.338. The van der Waals surface area contributed by atoms with Crippen molar-refractivity contribution in [2.24, 2.45) is 0 Å². The molecule has 1 aliphatic carbocycles. The zero-order valence-electron chi connectivity index (χ0n) is 8.96. The van der Waals surface area contributed by atoms with Gasteiger partial charge in [0.15, 0.2) is 0 Å². The lowest BCUT2D eigenvalue weighted by atomic mass is 9.93. The fraction of sp³-hybridized carbons (Fsp3) is 0.538. The van der Waals surface area contributed by atoms with Gasteiger partial charge in [-0.15, -0.1) is 0 Å². The van der Waals surface area contributed by atoms with Crippen LogP contribution in [0.1, 0.15) is 30.4 Å². The Morgan fingerprint density at radius 1 is 1.33 bits per heavy atom. The summed E-state index contributed by atoms with van der Waals surface area (Å²) in [6.45, 7) is 1.87. The minimum absolute atomic E-state index is 0.773. The van der Waals surface area contributed by atoms with E-state index in [2.05, 4.69) is 23.5 Å². The van der Waals surface area contributed by atoms with E-state index >= 15 is 0 Å². The van der Waals surface area contributed by atoms with Crippen LogP contribution in [-0.4, -0.2) is 12.6 Å². The van der Waals surface area contributed by atoms with E-state index in [1.54, 1.807) is 0 Å². The van der Waals surface area contributed by atoms with Gasteiger partial charge in [-0.05, 0) is 30.0 Å². The molecule has 15 heavy (non-hydrogen) atoms. The van der Waals surface area contributed by atoms with E-state index in [0.717, 1.165) is 31.4 Å². The number of rotatable bonds is 3. The van der Waals surface area contributed by atoms with E-state index in [1.165, 1.54) is 30.4 Å². The van der Waals surface area contributed by atoms with Gasteiger partial charge in [-0.3, -0.25) is 0 Å². The largest absolute Gasteiger partial charge is 0.493 e. The van der Waals surface area contributed by atoms with Crippen LogP contribution in [0.2, 0.25) is 0 Å². The lowest BCUT2D eigenvalue weighted by Crippen LogP contribution is -2.34. The van der Waals surface area contributed by atoms with Crippen LogP contribution in [0.15, 0.2) is 18.2 Å². The van der Waals surface area contributed by atoms with E-state index in [1.807, 2.05) is 0 Å². The summed E-state index contributed by atoms with van der Waals surface area (Å²) in [5.74, 6) is 1.09. The number of benzene rings is 1. The Morgan fingerprint density at radius 2 is 2.27 bits per heavy atom. The highest BCUT2D eigenvalue weighted by Gasteiger charge is 2.17. The summed E-state index contributed by atoms with van der Waals surface area (Å²) in [6.07, 6.45) is 5.18. The number of fused-ring (bicyclic) bond motifs is 1. The summed E-state index contributed by atoms with van der Waals surface area (Å²) in [4.78, 5) is 0. The average molecular weight is 203 g/mol. The van der Waals surface area contributed by atoms with Gasteiger partial charge in [-0.1, -0.05) is 18.6 Å². The average Bonchev–Trinajstić information content (AvgIpc) is 2.62. The topological polar surface area (TPSA) is 21.3 Å². The predicted octanol–water partition coefficient (Wildman–Crippen LogP) is 2.26. The summed E-state index contributed by atoms with van der Waals surface area (Å²) in [7, 11) is 0. The minimum Gasteiger partial charge on any atom is -0.493 e. The van der Waals surface area contributed by atoms with Crippen molar-refractivity contribution in [2.45, 2.75) is 38.3 Å². The zero-order chi connectivity index (χ0) is 10.1. The molecule has 1 fully saturated rings. The molecule has 1 heterocycles. The van der Waals surface area contributed by atoms with Crippen molar-refractivity contribution in [1.29, 1.82) is 0 Å². The normalized spacial score (nSPS) is 19.5. The molecule has 0 unspecified atom stereocenters. The number of hydrogen-bond acceptors (Lipinski definition) is 2. The molecule has 80 valence electrons. The molecule has 1 saturated carbocycles. The first-order chi connectivity index (χ1) is 7.42. The van der Waals surface area contributed by atoms with Crippen molar-refractivity contribution in [1.82, 2.24) is 5.32 Å². The zero-order valence-corrected chi connectivity index (χ0v) is 8.96. The fourth-order valence-corrected chi connectivity index (χ4v) is 2.22. The fourth-order valence-electron chi connectivity index (χ4n) is 2.22. The van der Waals surface area contributed by atoms with Crippen molar-refractivity contribution in [3.8, 4) is 5.75 Å². The van der Waals surface area contributed by atoms with Gasteiger partial charge < -0.3 is 10.1 Å². The minimum atomic E-state index is 0.773. The van der Waals surface area contributed by atoms with Crippen molar-refractivity contribution in [3.05, 3.63) is 29.3 Å². The second-order valence-electron chi connectivity index (χ2n) is 4.55. The van der Waals surface area contributed by atoms with Crippen molar-refractivity contribution < 1.29 is 4.74 Å². The van der Waals surface area contributed by atoms with E-state index in [4.69, 9.17) is 4.74 Å². The van der Waals surface area contributed by atoms with Gasteiger partial charge in [-0.2, -0.15) is 0 Å². The van der Waals surface area contributed by atoms with Crippen LogP contribution in [0.4, 0.5) is 0 Å². The third-order valence-corrected chi connectivity index (χ3v) is 3.45. The van der Waals surface area contributed by atoms with Crippen LogP contribution in [0.25, 0.3) is 0 Å². The second-order valence-corrected chi connectivity index (χ2v) is 4.55. The van der Waals surface area contributed by atoms with Gasteiger partial charge in [0.2, 0.25) is 0 Å². The molecule has 0 radical (unpaired) electrons. The number of nitrogens with one attached hydrogen (secondary N) is 1.